The molecule has 4 aromatic rings. The Morgan fingerprint density at radius 2 is 2.04 bits per heavy atom. The van der Waals surface area contributed by atoms with E-state index in [-0.39, 0.29) is 11.9 Å². The largest absolute Gasteiger partial charge is 0.465 e. The summed E-state index contributed by atoms with van der Waals surface area (Å²) in [6, 6.07) is 3.52. The predicted molar refractivity (Wildman–Crippen MR) is 103 cm³/mol. The quantitative estimate of drug-likeness (QED) is 0.556. The fourth-order valence-corrected chi connectivity index (χ4v) is 4.61. The highest BCUT2D eigenvalue weighted by Gasteiger charge is 2.25. The van der Waals surface area contributed by atoms with Gasteiger partial charge in [0.2, 0.25) is 0 Å². The van der Waals surface area contributed by atoms with Crippen LogP contribution in [-0.2, 0) is 7.05 Å². The molecule has 0 aliphatic carbocycles. The van der Waals surface area contributed by atoms with Crippen LogP contribution in [0.4, 0.5) is 9.18 Å². The minimum Gasteiger partial charge on any atom is -0.465 e. The van der Waals surface area contributed by atoms with Crippen LogP contribution in [0.15, 0.2) is 24.5 Å². The Bertz CT molecular complexity index is 1170. The molecular formula is C18H17FN6O2S. The summed E-state index contributed by atoms with van der Waals surface area (Å²) in [7, 11) is 1.76. The SMILES string of the molecule is Cn1cc2cc(-c3nc4cn(C5CCN(C(=O)O)CC5)nc4s3)cc(F)c2n1. The molecule has 144 valence electrons. The highest BCUT2D eigenvalue weighted by molar-refractivity contribution is 7.21. The van der Waals surface area contributed by atoms with E-state index in [1.54, 1.807) is 17.9 Å². The molecule has 8 nitrogen and oxygen atoms in total. The Kier molecular flexibility index (Phi) is 3.83. The van der Waals surface area contributed by atoms with Gasteiger partial charge in [-0.3, -0.25) is 9.36 Å². The van der Waals surface area contributed by atoms with E-state index in [0.717, 1.165) is 33.6 Å². The molecule has 4 heterocycles. The monoisotopic (exact) mass is 400 g/mol. The Morgan fingerprint density at radius 3 is 2.75 bits per heavy atom. The molecule has 1 aromatic carbocycles. The van der Waals surface area contributed by atoms with Crippen molar-refractivity contribution in [3.05, 3.63) is 30.3 Å². The third kappa shape index (κ3) is 2.80. The first-order chi connectivity index (χ1) is 13.5. The summed E-state index contributed by atoms with van der Waals surface area (Å²) >= 11 is 1.42. The smallest absolute Gasteiger partial charge is 0.407 e. The van der Waals surface area contributed by atoms with Crippen LogP contribution in [0.1, 0.15) is 18.9 Å². The van der Waals surface area contributed by atoms with Gasteiger partial charge in [0, 0.05) is 37.3 Å². The lowest BCUT2D eigenvalue weighted by molar-refractivity contribution is 0.124. The Hall–Kier alpha value is -3.01. The summed E-state index contributed by atoms with van der Waals surface area (Å²) in [5.74, 6) is -0.365. The van der Waals surface area contributed by atoms with Gasteiger partial charge in [0.05, 0.1) is 12.2 Å². The fourth-order valence-electron chi connectivity index (χ4n) is 3.71. The first-order valence-corrected chi connectivity index (χ1v) is 9.76. The second-order valence-electron chi connectivity index (χ2n) is 7.02. The number of hydrogen-bond donors (Lipinski definition) is 1. The van der Waals surface area contributed by atoms with Crippen molar-refractivity contribution in [2.75, 3.05) is 13.1 Å². The molecule has 28 heavy (non-hydrogen) atoms. The highest BCUT2D eigenvalue weighted by atomic mass is 32.1. The number of carbonyl (C=O) groups is 1. The first kappa shape index (κ1) is 17.1. The van der Waals surface area contributed by atoms with Gasteiger partial charge in [-0.05, 0) is 25.0 Å². The summed E-state index contributed by atoms with van der Waals surface area (Å²) in [5, 5.41) is 19.3. The van der Waals surface area contributed by atoms with Crippen LogP contribution >= 0.6 is 11.3 Å². The third-order valence-electron chi connectivity index (χ3n) is 5.13. The van der Waals surface area contributed by atoms with E-state index >= 15 is 0 Å². The lowest BCUT2D eigenvalue weighted by Crippen LogP contribution is -2.38. The van der Waals surface area contributed by atoms with Gasteiger partial charge in [-0.25, -0.2) is 14.2 Å². The van der Waals surface area contributed by atoms with Crippen molar-refractivity contribution in [1.29, 1.82) is 0 Å². The van der Waals surface area contributed by atoms with Gasteiger partial charge in [-0.1, -0.05) is 11.3 Å². The van der Waals surface area contributed by atoms with Crippen LogP contribution in [0.5, 0.6) is 0 Å². The van der Waals surface area contributed by atoms with Gasteiger partial charge in [-0.2, -0.15) is 10.2 Å². The average molecular weight is 400 g/mol. The molecule has 1 aliphatic heterocycles. The zero-order chi connectivity index (χ0) is 19.4. The molecule has 0 atom stereocenters. The number of piperidine rings is 1. The lowest BCUT2D eigenvalue weighted by atomic mass is 10.1. The minimum atomic E-state index is -0.871. The van der Waals surface area contributed by atoms with Crippen molar-refractivity contribution in [2.45, 2.75) is 18.9 Å². The Morgan fingerprint density at radius 1 is 1.25 bits per heavy atom. The molecular weight excluding hydrogens is 383 g/mol. The summed E-state index contributed by atoms with van der Waals surface area (Å²) in [6.07, 6.45) is 4.28. The van der Waals surface area contributed by atoms with Gasteiger partial charge in [0.1, 0.15) is 16.0 Å². The standard InChI is InChI=1S/C18H17FN6O2S/c1-23-8-11-6-10(7-13(19)15(11)21-23)16-20-14-9-25(22-17(14)28-16)12-2-4-24(5-3-12)18(26)27/h6-9,12H,2-5H2,1H3,(H,26,27). The number of nitrogens with zero attached hydrogens (tertiary/aromatic N) is 6. The number of benzene rings is 1. The van der Waals surface area contributed by atoms with Gasteiger partial charge >= 0.3 is 6.09 Å². The molecule has 0 unspecified atom stereocenters. The van der Waals surface area contributed by atoms with Gasteiger partial charge < -0.3 is 10.0 Å². The molecule has 5 rings (SSSR count). The van der Waals surface area contributed by atoms with Crippen LogP contribution in [-0.4, -0.2) is 53.7 Å². The molecule has 3 aromatic heterocycles. The van der Waals surface area contributed by atoms with E-state index in [2.05, 4.69) is 15.2 Å². The van der Waals surface area contributed by atoms with E-state index in [1.807, 2.05) is 16.9 Å². The number of aryl methyl sites for hydroxylation is 1. The number of aromatic nitrogens is 5. The van der Waals surface area contributed by atoms with Gasteiger partial charge in [0.25, 0.3) is 0 Å². The van der Waals surface area contributed by atoms with E-state index in [1.165, 1.54) is 22.3 Å². The van der Waals surface area contributed by atoms with Crippen LogP contribution in [0.2, 0.25) is 0 Å². The molecule has 1 aliphatic rings. The molecule has 1 saturated heterocycles. The number of amides is 1. The fraction of sp³-hybridized carbons (Fsp3) is 0.333. The van der Waals surface area contributed by atoms with Crippen molar-refractivity contribution in [2.24, 2.45) is 7.05 Å². The number of fused-ring (bicyclic) bond motifs is 2. The number of rotatable bonds is 2. The number of carboxylic acid groups (broad SMARTS) is 1. The molecule has 0 saturated carbocycles. The van der Waals surface area contributed by atoms with Crippen LogP contribution in [0.25, 0.3) is 31.8 Å². The Labute approximate surface area is 162 Å². The molecule has 0 spiro atoms. The van der Waals surface area contributed by atoms with Crippen molar-refractivity contribution in [3.63, 3.8) is 0 Å². The predicted octanol–water partition coefficient (Wildman–Crippen LogP) is 3.50. The highest BCUT2D eigenvalue weighted by Crippen LogP contribution is 2.33. The zero-order valence-electron chi connectivity index (χ0n) is 15.0. The number of hydrogen-bond acceptors (Lipinski definition) is 5. The maximum absolute atomic E-state index is 14.4. The first-order valence-electron chi connectivity index (χ1n) is 8.95. The molecule has 0 radical (unpaired) electrons. The van der Waals surface area contributed by atoms with Crippen LogP contribution in [0, 0.1) is 5.82 Å². The summed E-state index contributed by atoms with van der Waals surface area (Å²) in [4.78, 5) is 17.9. The second kappa shape index (κ2) is 6.26. The van der Waals surface area contributed by atoms with Crippen molar-refractivity contribution in [1.82, 2.24) is 29.4 Å². The number of halogens is 1. The number of likely N-dealkylation sites (tertiary alicyclic amines) is 1. The zero-order valence-corrected chi connectivity index (χ0v) is 15.9. The van der Waals surface area contributed by atoms with Gasteiger partial charge in [0.15, 0.2) is 10.6 Å². The normalized spacial score (nSPS) is 15.7. The molecule has 1 amide bonds. The molecule has 10 heteroatoms. The Balaban J connectivity index is 1.43. The second-order valence-corrected chi connectivity index (χ2v) is 8.00. The average Bonchev–Trinajstić information content (AvgIpc) is 3.33. The summed E-state index contributed by atoms with van der Waals surface area (Å²) in [6.45, 7) is 1.02. The van der Waals surface area contributed by atoms with Crippen molar-refractivity contribution < 1.29 is 14.3 Å². The van der Waals surface area contributed by atoms with Crippen LogP contribution < -0.4 is 0 Å². The lowest BCUT2D eigenvalue weighted by Gasteiger charge is -2.29. The maximum Gasteiger partial charge on any atom is 0.407 e. The topological polar surface area (TPSA) is 89.1 Å². The molecule has 1 fully saturated rings. The van der Waals surface area contributed by atoms with Crippen LogP contribution in [0.3, 0.4) is 0 Å². The van der Waals surface area contributed by atoms with Crippen molar-refractivity contribution in [3.8, 4) is 10.6 Å². The maximum atomic E-state index is 14.4. The van der Waals surface area contributed by atoms with E-state index < -0.39 is 6.09 Å². The number of thiazole rings is 1. The van der Waals surface area contributed by atoms with E-state index in [4.69, 9.17) is 5.11 Å². The van der Waals surface area contributed by atoms with Crippen molar-refractivity contribution >= 4 is 38.7 Å². The molecule has 1 N–H and O–H groups in total. The van der Waals surface area contributed by atoms with Gasteiger partial charge in [-0.15, -0.1) is 0 Å². The third-order valence-corrected chi connectivity index (χ3v) is 6.13. The summed E-state index contributed by atoms with van der Waals surface area (Å²) in [5.41, 5.74) is 1.83. The molecule has 0 bridgehead atoms. The van der Waals surface area contributed by atoms with E-state index in [0.29, 0.717) is 24.2 Å². The van der Waals surface area contributed by atoms with E-state index in [9.17, 15) is 9.18 Å². The summed E-state index contributed by atoms with van der Waals surface area (Å²) < 4.78 is 17.8. The minimum absolute atomic E-state index is 0.171.